The van der Waals surface area contributed by atoms with Crippen LogP contribution in [-0.4, -0.2) is 173 Å². The molecule has 3 aliphatic carbocycles. The minimum absolute atomic E-state index is 0.0259. The number of nitrogens with one attached hydrogen (secondary N) is 2. The number of epoxide rings is 1. The second-order valence-electron chi connectivity index (χ2n) is 21.5. The van der Waals surface area contributed by atoms with Crippen LogP contribution in [0.3, 0.4) is 0 Å². The van der Waals surface area contributed by atoms with Crippen molar-refractivity contribution in [3.05, 3.63) is 34.6 Å². The third kappa shape index (κ3) is 16.1. The van der Waals surface area contributed by atoms with E-state index in [4.69, 9.17) is 44.9 Å². The van der Waals surface area contributed by atoms with Crippen molar-refractivity contribution in [1.29, 1.82) is 0 Å². The molecular weight excluding hydrogens is 1050 g/mol. The summed E-state index contributed by atoms with van der Waals surface area (Å²) in [6.07, 6.45) is 6.13. The van der Waals surface area contributed by atoms with Crippen molar-refractivity contribution >= 4 is 70.4 Å². The van der Waals surface area contributed by atoms with Gasteiger partial charge in [0.15, 0.2) is 5.72 Å². The largest absolute Gasteiger partial charge is 0.496 e. The predicted molar refractivity (Wildman–Crippen MR) is 279 cm³/mol. The number of fused-ring (bicyclic) bond motifs is 5. The number of nitrogens with zero attached hydrogens (tertiary/aromatic N) is 3. The molecule has 0 aromatic rings. The summed E-state index contributed by atoms with van der Waals surface area (Å²) in [4.78, 5) is 113. The van der Waals surface area contributed by atoms with Crippen LogP contribution in [0.5, 0.6) is 0 Å². The molecular formula is C53H78ClN5O17S. The van der Waals surface area contributed by atoms with Crippen LogP contribution in [0.2, 0.25) is 0 Å². The van der Waals surface area contributed by atoms with Gasteiger partial charge in [0.2, 0.25) is 5.91 Å². The second-order valence-corrected chi connectivity index (χ2v) is 23.0. The normalized spacial score (nSPS) is 32.3. The summed E-state index contributed by atoms with van der Waals surface area (Å²) >= 11 is 7.53. The number of aliphatic hydroxyl groups is 2. The maximum atomic E-state index is 14.2. The van der Waals surface area contributed by atoms with Gasteiger partial charge in [-0.1, -0.05) is 68.1 Å². The van der Waals surface area contributed by atoms with Gasteiger partial charge in [0.05, 0.1) is 30.9 Å². The van der Waals surface area contributed by atoms with Crippen LogP contribution in [0.1, 0.15) is 130 Å². The fraction of sp³-hybridized carbons (Fsp3) is 0.736. The Hall–Kier alpha value is -4.94. The lowest BCUT2D eigenvalue weighted by atomic mass is 9.81. The molecule has 0 radical (unpaired) electrons. The van der Waals surface area contributed by atoms with Crippen LogP contribution in [-0.2, 0) is 57.2 Å². The van der Waals surface area contributed by atoms with E-state index in [0.29, 0.717) is 53.3 Å². The van der Waals surface area contributed by atoms with Gasteiger partial charge in [-0.3, -0.25) is 24.5 Å². The molecule has 4 N–H and O–H groups in total. The summed E-state index contributed by atoms with van der Waals surface area (Å²) in [7, 11) is 5.77. The number of carbonyl (C=O) groups is 8. The first-order chi connectivity index (χ1) is 36.5. The number of methoxy groups -OCH3 is 2. The van der Waals surface area contributed by atoms with Crippen LogP contribution < -0.4 is 10.6 Å². The molecule has 3 heterocycles. The van der Waals surface area contributed by atoms with Crippen LogP contribution in [0.25, 0.3) is 0 Å². The highest BCUT2D eigenvalue weighted by molar-refractivity contribution is 8.13. The zero-order valence-corrected chi connectivity index (χ0v) is 47.0. The van der Waals surface area contributed by atoms with Crippen molar-refractivity contribution < 1.29 is 81.8 Å². The Labute approximate surface area is 459 Å². The molecule has 4 fully saturated rings. The molecule has 430 valence electrons. The molecule has 3 saturated heterocycles. The first-order valence-electron chi connectivity index (χ1n) is 26.7. The monoisotopic (exact) mass is 1120 g/mol. The molecule has 0 spiro atoms. The summed E-state index contributed by atoms with van der Waals surface area (Å²) < 4.78 is 35.4. The molecule has 4 bridgehead atoms. The average molecular weight is 1120 g/mol. The summed E-state index contributed by atoms with van der Waals surface area (Å²) in [5, 5.41) is 28.8. The molecule has 6 aliphatic rings. The summed E-state index contributed by atoms with van der Waals surface area (Å²) in [5.41, 5.74) is -1.90. The lowest BCUT2D eigenvalue weighted by Crippen LogP contribution is -2.64. The first kappa shape index (κ1) is 61.3. The SMILES string of the molecule is COC1=C(Cl)C2CC(=C1)CC(C)CCC[C@@H](OC)[C@@]1(O)C[C@H](OC(=O)N1)[C@@H](C)[C@@H]1O[C@@]1(C)[C@@H](OC(=O)[C@H](C)N(C)C(=O)CCSC(=O)NC(CN(C)C(=O)OC1/C=C/CCCCC1)C(=O)ON1C(=O)CCC1=O)CC(O)C2. The van der Waals surface area contributed by atoms with E-state index in [1.54, 1.807) is 13.8 Å². The van der Waals surface area contributed by atoms with E-state index in [9.17, 15) is 48.6 Å². The number of esters is 1. The van der Waals surface area contributed by atoms with Crippen LogP contribution in [0.4, 0.5) is 14.4 Å². The van der Waals surface area contributed by atoms with E-state index in [1.807, 2.05) is 18.2 Å². The lowest BCUT2D eigenvalue weighted by molar-refractivity contribution is -0.199. The number of rotatable bonds is 14. The van der Waals surface area contributed by atoms with Crippen molar-refractivity contribution in [3.8, 4) is 0 Å². The first-order valence-corrected chi connectivity index (χ1v) is 28.1. The number of thioether (sulfide) groups is 1. The number of ether oxygens (including phenoxy) is 6. The van der Waals surface area contributed by atoms with Crippen LogP contribution >= 0.6 is 23.4 Å². The summed E-state index contributed by atoms with van der Waals surface area (Å²) in [6, 6.07) is -2.75. The number of hydrogen-bond acceptors (Lipinski definition) is 18. The lowest BCUT2D eigenvalue weighted by Gasteiger charge is -2.43. The Bertz CT molecular complexity index is 2270. The number of hydroxylamine groups is 2. The third-order valence-electron chi connectivity index (χ3n) is 15.6. The third-order valence-corrected chi connectivity index (χ3v) is 16.9. The number of alkyl carbamates (subject to hydrolysis) is 1. The Morgan fingerprint density at radius 1 is 0.974 bits per heavy atom. The number of carbonyl (C=O) groups excluding carboxylic acids is 8. The van der Waals surface area contributed by atoms with E-state index in [2.05, 4.69) is 17.6 Å². The minimum Gasteiger partial charge on any atom is -0.496 e. The fourth-order valence-corrected chi connectivity index (χ4v) is 11.8. The van der Waals surface area contributed by atoms with E-state index < -0.39 is 120 Å². The van der Waals surface area contributed by atoms with E-state index in [0.717, 1.165) is 53.9 Å². The Morgan fingerprint density at radius 3 is 2.40 bits per heavy atom. The Morgan fingerprint density at radius 2 is 1.70 bits per heavy atom. The van der Waals surface area contributed by atoms with Crippen molar-refractivity contribution in [2.45, 2.75) is 190 Å². The highest BCUT2D eigenvalue weighted by atomic mass is 35.5. The number of imide groups is 1. The zero-order chi connectivity index (χ0) is 56.4. The van der Waals surface area contributed by atoms with Gasteiger partial charge < -0.3 is 58.6 Å². The summed E-state index contributed by atoms with van der Waals surface area (Å²) in [6.45, 7) is 6.67. The van der Waals surface area contributed by atoms with Crippen molar-refractivity contribution in [2.24, 2.45) is 17.8 Å². The molecule has 6 rings (SSSR count). The van der Waals surface area contributed by atoms with Gasteiger partial charge in [0, 0.05) is 70.9 Å². The topological polar surface area (TPSA) is 279 Å². The van der Waals surface area contributed by atoms with E-state index in [-0.39, 0.29) is 56.1 Å². The van der Waals surface area contributed by atoms with Crippen molar-refractivity contribution in [2.75, 3.05) is 40.6 Å². The fourth-order valence-electron chi connectivity index (χ4n) is 10.8. The molecule has 3 aliphatic heterocycles. The standard InChI is InChI=1S/C53H78ClN5O17S/c1-30-15-14-18-40(71-8)53(69)28-39(73-49(66)56-53)31(2)46-52(4,75-46)41(27-35(60)26-34-24-33(23-30)25-38(70-7)45(34)54)74-47(64)32(3)58(6)42(61)21-22-77-50(67)55-37(48(65)76-59-43(62)19-20-44(59)63)29-57(5)51(68)72-36-16-12-10-9-11-13-17-36/h12,16,25,30-32,34-37,39-41,46,60,69H,9-11,13-15,17-24,26-29H2,1-8H3,(H,55,67)(H,56,66)/b16-12+/t30?,31-,32+,34?,35?,36?,37?,39+,40-,41+,46+,52+,53+/m1/s1. The molecule has 13 atom stereocenters. The van der Waals surface area contributed by atoms with Gasteiger partial charge in [0.25, 0.3) is 17.1 Å². The number of halogens is 1. The minimum atomic E-state index is -1.76. The van der Waals surface area contributed by atoms with Crippen molar-refractivity contribution in [3.63, 3.8) is 0 Å². The van der Waals surface area contributed by atoms with Gasteiger partial charge >= 0.3 is 24.1 Å². The molecule has 0 aromatic carbocycles. The highest BCUT2D eigenvalue weighted by Gasteiger charge is 2.64. The van der Waals surface area contributed by atoms with Gasteiger partial charge in [-0.15, -0.1) is 5.06 Å². The average Bonchev–Trinajstić information content (AvgIpc) is 3.99. The van der Waals surface area contributed by atoms with Gasteiger partial charge in [-0.05, 0) is 83.3 Å². The number of allylic oxidation sites excluding steroid dienone is 4. The quantitative estimate of drug-likeness (QED) is 0.0518. The molecule has 77 heavy (non-hydrogen) atoms. The van der Waals surface area contributed by atoms with E-state index >= 15 is 0 Å². The number of amides is 6. The smallest absolute Gasteiger partial charge is 0.410 e. The van der Waals surface area contributed by atoms with E-state index in [1.165, 1.54) is 35.2 Å². The molecule has 22 nitrogen and oxygen atoms in total. The van der Waals surface area contributed by atoms with Gasteiger partial charge in [-0.25, -0.2) is 19.2 Å². The Kier molecular flexibility index (Phi) is 21.7. The highest BCUT2D eigenvalue weighted by Crippen LogP contribution is 2.50. The van der Waals surface area contributed by atoms with Crippen molar-refractivity contribution in [1.82, 2.24) is 25.5 Å². The van der Waals surface area contributed by atoms with Gasteiger partial charge in [0.1, 0.15) is 47.9 Å². The maximum absolute atomic E-state index is 14.2. The predicted octanol–water partition coefficient (Wildman–Crippen LogP) is 5.90. The second kappa shape index (κ2) is 27.3. The molecule has 6 amide bonds. The number of hydrogen-bond donors (Lipinski definition) is 4. The molecule has 0 aromatic heterocycles. The number of likely N-dealkylation sites (N-methyl/N-ethyl adjacent to an activating group) is 2. The molecule has 24 heteroatoms. The van der Waals surface area contributed by atoms with Crippen LogP contribution in [0, 0.1) is 17.8 Å². The zero-order valence-electron chi connectivity index (χ0n) is 45.5. The number of aliphatic hydroxyl groups excluding tert-OH is 1. The molecule has 5 unspecified atom stereocenters. The summed E-state index contributed by atoms with van der Waals surface area (Å²) in [5.74, 6) is -4.31. The maximum Gasteiger partial charge on any atom is 0.410 e. The Balaban J connectivity index is 1.11. The molecule has 1 saturated carbocycles. The van der Waals surface area contributed by atoms with Gasteiger partial charge in [-0.2, -0.15) is 0 Å². The van der Waals surface area contributed by atoms with Crippen LogP contribution in [0.15, 0.2) is 34.6 Å².